The van der Waals surface area contributed by atoms with Gasteiger partial charge in [0.05, 0.1) is 31.7 Å². The van der Waals surface area contributed by atoms with Gasteiger partial charge in [-0.25, -0.2) is 4.39 Å². The summed E-state index contributed by atoms with van der Waals surface area (Å²) < 4.78 is 13.4. The van der Waals surface area contributed by atoms with E-state index >= 15 is 0 Å². The minimum absolute atomic E-state index is 0.0225. The number of anilines is 2. The second kappa shape index (κ2) is 9.61. The molecule has 7 heteroatoms. The van der Waals surface area contributed by atoms with Crippen LogP contribution >= 0.6 is 11.3 Å². The van der Waals surface area contributed by atoms with Gasteiger partial charge in [0, 0.05) is 23.7 Å². The molecule has 3 aromatic rings. The second-order valence-corrected chi connectivity index (χ2v) is 10.0. The van der Waals surface area contributed by atoms with Crippen molar-refractivity contribution in [1.82, 2.24) is 4.98 Å². The average molecular weight is 466 g/mol. The molecule has 1 fully saturated rings. The molecule has 33 heavy (non-hydrogen) atoms. The van der Waals surface area contributed by atoms with Crippen LogP contribution in [0, 0.1) is 5.82 Å². The molecule has 0 radical (unpaired) electrons. The van der Waals surface area contributed by atoms with Gasteiger partial charge in [0.1, 0.15) is 16.5 Å². The predicted molar refractivity (Wildman–Crippen MR) is 131 cm³/mol. The summed E-state index contributed by atoms with van der Waals surface area (Å²) in [5, 5.41) is 4.15. The number of nitrogens with zero attached hydrogens (tertiary/aromatic N) is 2. The number of pyridine rings is 1. The highest BCUT2D eigenvalue weighted by molar-refractivity contribution is 7.16. The molecule has 1 aliphatic heterocycles. The van der Waals surface area contributed by atoms with Crippen LogP contribution < -0.4 is 15.1 Å². The van der Waals surface area contributed by atoms with Crippen molar-refractivity contribution in [2.24, 2.45) is 0 Å². The number of halogens is 1. The smallest absolute Gasteiger partial charge is 0.221 e. The van der Waals surface area contributed by atoms with Gasteiger partial charge in [0.2, 0.25) is 5.91 Å². The summed E-state index contributed by atoms with van der Waals surface area (Å²) in [5.41, 5.74) is 4.82. The highest BCUT2D eigenvalue weighted by Gasteiger charge is 2.37. The number of benzene rings is 1. The van der Waals surface area contributed by atoms with E-state index in [2.05, 4.69) is 22.3 Å². The molecule has 5 rings (SSSR count). The number of carbonyl (C=O) groups is 1. The molecule has 1 saturated heterocycles. The third-order valence-corrected chi connectivity index (χ3v) is 8.00. The van der Waals surface area contributed by atoms with Crippen molar-refractivity contribution in [3.05, 3.63) is 76.2 Å². The molecule has 0 bridgehead atoms. The fourth-order valence-corrected chi connectivity index (χ4v) is 6.62. The largest absolute Gasteiger partial charge is 0.360 e. The Kier molecular flexibility index (Phi) is 6.42. The van der Waals surface area contributed by atoms with Crippen molar-refractivity contribution >= 4 is 27.9 Å². The number of amides is 1. The maximum Gasteiger partial charge on any atom is 0.221 e. The molecule has 3 heterocycles. The maximum atomic E-state index is 13.4. The summed E-state index contributed by atoms with van der Waals surface area (Å²) in [7, 11) is 0. The van der Waals surface area contributed by atoms with Crippen LogP contribution in [0.1, 0.15) is 47.5 Å². The summed E-state index contributed by atoms with van der Waals surface area (Å²) in [4.78, 5) is 22.1. The zero-order valence-electron chi connectivity index (χ0n) is 18.9. The summed E-state index contributed by atoms with van der Waals surface area (Å²) in [6.07, 6.45) is 6.44. The van der Waals surface area contributed by atoms with Crippen LogP contribution in [-0.2, 0) is 17.6 Å². The number of aromatic nitrogens is 1. The molecular formula is C26H30FN4OS+. The Bertz CT molecular complexity index is 1110. The zero-order valence-corrected chi connectivity index (χ0v) is 19.8. The summed E-state index contributed by atoms with van der Waals surface area (Å²) in [5.74, 6) is -0.225. The van der Waals surface area contributed by atoms with Crippen molar-refractivity contribution in [3.63, 3.8) is 0 Å². The molecule has 1 aliphatic carbocycles. The Morgan fingerprint density at radius 1 is 1.12 bits per heavy atom. The van der Waals surface area contributed by atoms with Gasteiger partial charge in [-0.05, 0) is 67.6 Å². The van der Waals surface area contributed by atoms with Gasteiger partial charge in [0.25, 0.3) is 0 Å². The number of quaternary nitrogens is 1. The van der Waals surface area contributed by atoms with Gasteiger partial charge >= 0.3 is 0 Å². The first kappa shape index (κ1) is 22.0. The number of hydrogen-bond acceptors (Lipinski definition) is 4. The van der Waals surface area contributed by atoms with Gasteiger partial charge in [0.15, 0.2) is 6.04 Å². The number of fused-ring (bicyclic) bond motifs is 1. The van der Waals surface area contributed by atoms with Gasteiger partial charge < -0.3 is 15.1 Å². The van der Waals surface area contributed by atoms with E-state index in [9.17, 15) is 9.18 Å². The number of rotatable bonds is 5. The lowest BCUT2D eigenvalue weighted by Gasteiger charge is -2.38. The van der Waals surface area contributed by atoms with Crippen LogP contribution in [0.15, 0.2) is 48.7 Å². The molecule has 5 nitrogen and oxygen atoms in total. The van der Waals surface area contributed by atoms with E-state index in [1.807, 2.05) is 24.4 Å². The van der Waals surface area contributed by atoms with Crippen molar-refractivity contribution in [1.29, 1.82) is 0 Å². The highest BCUT2D eigenvalue weighted by Crippen LogP contribution is 2.42. The highest BCUT2D eigenvalue weighted by atomic mass is 32.1. The molecule has 1 unspecified atom stereocenters. The number of thiophene rings is 1. The summed E-state index contributed by atoms with van der Waals surface area (Å²) >= 11 is 1.76. The number of carbonyl (C=O) groups excluding carboxylic acids is 1. The molecule has 1 atom stereocenters. The van der Waals surface area contributed by atoms with E-state index in [0.29, 0.717) is 0 Å². The maximum absolute atomic E-state index is 13.4. The average Bonchev–Trinajstić information content (AvgIpc) is 3.18. The number of piperazine rings is 1. The molecular weight excluding hydrogens is 435 g/mol. The minimum Gasteiger partial charge on any atom is -0.360 e. The van der Waals surface area contributed by atoms with E-state index in [1.165, 1.54) is 45.9 Å². The molecule has 1 aromatic carbocycles. The Morgan fingerprint density at radius 3 is 2.58 bits per heavy atom. The Balaban J connectivity index is 1.49. The van der Waals surface area contributed by atoms with Gasteiger partial charge in [-0.1, -0.05) is 6.07 Å². The molecule has 172 valence electrons. The molecule has 2 aliphatic rings. The Hall–Kier alpha value is -2.77. The quantitative estimate of drug-likeness (QED) is 0.605. The minimum atomic E-state index is -0.203. The molecule has 0 spiro atoms. The fraction of sp³-hybridized carbons (Fsp3) is 0.385. The molecule has 1 amide bonds. The number of aryl methyl sites for hydroxylation is 1. The molecule has 2 aromatic heterocycles. The molecule has 2 N–H and O–H groups in total. The summed E-state index contributed by atoms with van der Waals surface area (Å²) in [6.45, 7) is 5.27. The van der Waals surface area contributed by atoms with Crippen LogP contribution in [0.25, 0.3) is 0 Å². The van der Waals surface area contributed by atoms with Crippen molar-refractivity contribution < 1.29 is 14.1 Å². The van der Waals surface area contributed by atoms with Crippen molar-refractivity contribution in [2.75, 3.05) is 36.4 Å². The standard InChI is InChI=1S/C26H29FN4OS/c1-18(32)29-26-24(21-6-2-3-8-23(21)33-26)25(22-7-4-5-13-28-22)31-16-14-30(15-17-31)20-11-9-19(27)10-12-20/h4-5,7,9-13,25H,2-3,6,8,14-17H2,1H3,(H,29,32)/p+1. The third-order valence-electron chi connectivity index (χ3n) is 6.78. The number of hydrogen-bond donors (Lipinski definition) is 2. The van der Waals surface area contributed by atoms with Crippen LogP contribution in [0.3, 0.4) is 0 Å². The first-order valence-electron chi connectivity index (χ1n) is 11.8. The second-order valence-electron chi connectivity index (χ2n) is 8.94. The van der Waals surface area contributed by atoms with E-state index in [0.717, 1.165) is 55.4 Å². The first-order valence-corrected chi connectivity index (χ1v) is 12.6. The lowest BCUT2D eigenvalue weighted by Crippen LogP contribution is -3.15. The van der Waals surface area contributed by atoms with Crippen molar-refractivity contribution in [3.8, 4) is 0 Å². The third kappa shape index (κ3) is 4.66. The van der Waals surface area contributed by atoms with Crippen LogP contribution in [0.2, 0.25) is 0 Å². The van der Waals surface area contributed by atoms with Crippen LogP contribution in [0.5, 0.6) is 0 Å². The van der Waals surface area contributed by atoms with Gasteiger partial charge in [-0.3, -0.25) is 9.78 Å². The normalized spacial score (nSPS) is 17.5. The Morgan fingerprint density at radius 2 is 1.88 bits per heavy atom. The lowest BCUT2D eigenvalue weighted by molar-refractivity contribution is -0.926. The monoisotopic (exact) mass is 465 g/mol. The topological polar surface area (TPSA) is 49.7 Å². The van der Waals surface area contributed by atoms with E-state index in [-0.39, 0.29) is 17.8 Å². The van der Waals surface area contributed by atoms with Gasteiger partial charge in [-0.15, -0.1) is 11.3 Å². The lowest BCUT2D eigenvalue weighted by atomic mass is 9.90. The van der Waals surface area contributed by atoms with Crippen molar-refractivity contribution in [2.45, 2.75) is 38.6 Å². The van der Waals surface area contributed by atoms with Gasteiger partial charge in [-0.2, -0.15) is 0 Å². The zero-order chi connectivity index (χ0) is 22.8. The van der Waals surface area contributed by atoms with E-state index in [4.69, 9.17) is 4.98 Å². The molecule has 0 saturated carbocycles. The number of nitrogens with one attached hydrogen (secondary N) is 2. The Labute approximate surface area is 198 Å². The van der Waals surface area contributed by atoms with Crippen LogP contribution in [0.4, 0.5) is 15.1 Å². The van der Waals surface area contributed by atoms with Crippen LogP contribution in [-0.4, -0.2) is 37.1 Å². The SMILES string of the molecule is CC(=O)Nc1sc2c(c1C(c1ccccn1)[NH+]1CCN(c3ccc(F)cc3)CC1)CCCC2. The first-order chi connectivity index (χ1) is 16.1. The van der Waals surface area contributed by atoms with E-state index in [1.54, 1.807) is 18.3 Å². The summed E-state index contributed by atoms with van der Waals surface area (Å²) in [6, 6.07) is 13.0. The predicted octanol–water partition coefficient (Wildman–Crippen LogP) is 3.61. The fourth-order valence-electron chi connectivity index (χ4n) is 5.25. The van der Waals surface area contributed by atoms with E-state index < -0.39 is 0 Å².